The highest BCUT2D eigenvalue weighted by Crippen LogP contribution is 2.21. The normalized spacial score (nSPS) is 18.6. The number of morpholine rings is 1. The second kappa shape index (κ2) is 8.44. The Hall–Kier alpha value is -1.93. The van der Waals surface area contributed by atoms with Gasteiger partial charge in [0.2, 0.25) is 0 Å². The summed E-state index contributed by atoms with van der Waals surface area (Å²) in [5.74, 6) is 0.920. The molecule has 0 radical (unpaired) electrons. The molecule has 0 aliphatic carbocycles. The van der Waals surface area contributed by atoms with Crippen molar-refractivity contribution in [1.82, 2.24) is 25.0 Å². The van der Waals surface area contributed by atoms with Gasteiger partial charge in [-0.05, 0) is 6.42 Å². The zero-order valence-electron chi connectivity index (χ0n) is 15.1. The van der Waals surface area contributed by atoms with Crippen LogP contribution in [0.3, 0.4) is 0 Å². The molecule has 0 bridgehead atoms. The molecule has 1 atom stereocenters. The number of nitrogens with zero attached hydrogens (tertiary/aromatic N) is 5. The molecular formula is C17H26N6OS. The largest absolute Gasteiger partial charge is 0.370 e. The Bertz CT molecular complexity index is 710. The van der Waals surface area contributed by atoms with Gasteiger partial charge in [-0.3, -0.25) is 9.67 Å². The number of hydrogen-bond acceptors (Lipinski definition) is 5. The van der Waals surface area contributed by atoms with Crippen molar-refractivity contribution >= 4 is 17.3 Å². The molecule has 0 aromatic carbocycles. The second-order valence-corrected chi connectivity index (χ2v) is 7.01. The topological polar surface area (TPSA) is 67.6 Å². The summed E-state index contributed by atoms with van der Waals surface area (Å²) >= 11 is 1.74. The lowest BCUT2D eigenvalue weighted by Crippen LogP contribution is -2.48. The van der Waals surface area contributed by atoms with Gasteiger partial charge in [-0.15, -0.1) is 11.3 Å². The number of aromatic nitrogens is 3. The van der Waals surface area contributed by atoms with Gasteiger partial charge in [-0.2, -0.15) is 5.10 Å². The Morgan fingerprint density at radius 3 is 3.08 bits per heavy atom. The fourth-order valence-corrected chi connectivity index (χ4v) is 3.69. The molecule has 2 aromatic heterocycles. The van der Waals surface area contributed by atoms with Crippen LogP contribution in [-0.2, 0) is 24.6 Å². The monoisotopic (exact) mass is 362 g/mol. The fourth-order valence-electron chi connectivity index (χ4n) is 2.91. The average molecular weight is 363 g/mol. The van der Waals surface area contributed by atoms with Crippen LogP contribution in [0.25, 0.3) is 0 Å². The van der Waals surface area contributed by atoms with Crippen LogP contribution < -0.4 is 5.32 Å². The molecule has 1 unspecified atom stereocenters. The molecule has 1 fully saturated rings. The second-order valence-electron chi connectivity index (χ2n) is 6.06. The van der Waals surface area contributed by atoms with E-state index in [0.29, 0.717) is 6.61 Å². The molecule has 136 valence electrons. The van der Waals surface area contributed by atoms with E-state index in [1.54, 1.807) is 11.3 Å². The lowest BCUT2D eigenvalue weighted by Gasteiger charge is -2.34. The molecule has 3 heterocycles. The summed E-state index contributed by atoms with van der Waals surface area (Å²) in [4.78, 5) is 11.3. The quantitative estimate of drug-likeness (QED) is 0.647. The summed E-state index contributed by atoms with van der Waals surface area (Å²) in [6, 6.07) is 0. The first-order valence-corrected chi connectivity index (χ1v) is 9.56. The molecule has 1 saturated heterocycles. The SMILES string of the molecule is CCc1nc(CCNC(=NC)N2CCOC(c3cnn(C)c3)C2)cs1. The van der Waals surface area contributed by atoms with Crippen LogP contribution in [0.1, 0.15) is 29.3 Å². The molecule has 25 heavy (non-hydrogen) atoms. The third kappa shape index (κ3) is 4.58. The van der Waals surface area contributed by atoms with Gasteiger partial charge in [-0.1, -0.05) is 6.92 Å². The Kier molecular flexibility index (Phi) is 6.04. The number of ether oxygens (including phenoxy) is 1. The molecule has 1 aliphatic heterocycles. The fraction of sp³-hybridized carbons (Fsp3) is 0.588. The van der Waals surface area contributed by atoms with E-state index >= 15 is 0 Å². The third-order valence-electron chi connectivity index (χ3n) is 4.24. The van der Waals surface area contributed by atoms with E-state index in [-0.39, 0.29) is 6.10 Å². The van der Waals surface area contributed by atoms with Crippen molar-refractivity contribution in [1.29, 1.82) is 0 Å². The van der Waals surface area contributed by atoms with Crippen LogP contribution in [0.2, 0.25) is 0 Å². The van der Waals surface area contributed by atoms with Crippen LogP contribution >= 0.6 is 11.3 Å². The first kappa shape index (κ1) is 17.9. The lowest BCUT2D eigenvalue weighted by molar-refractivity contribution is -0.00801. The predicted octanol–water partition coefficient (Wildman–Crippen LogP) is 1.63. The Labute approximate surface area is 152 Å². The highest BCUT2D eigenvalue weighted by Gasteiger charge is 2.25. The van der Waals surface area contributed by atoms with Crippen molar-refractivity contribution in [3.8, 4) is 0 Å². The van der Waals surface area contributed by atoms with E-state index in [9.17, 15) is 0 Å². The molecular weight excluding hydrogens is 336 g/mol. The maximum absolute atomic E-state index is 5.90. The minimum atomic E-state index is 0.0339. The van der Waals surface area contributed by atoms with Crippen molar-refractivity contribution in [2.24, 2.45) is 12.0 Å². The van der Waals surface area contributed by atoms with Gasteiger partial charge in [-0.25, -0.2) is 4.98 Å². The van der Waals surface area contributed by atoms with Gasteiger partial charge in [0.1, 0.15) is 6.10 Å². The van der Waals surface area contributed by atoms with Gasteiger partial charge in [0, 0.05) is 50.7 Å². The van der Waals surface area contributed by atoms with Crippen LogP contribution in [0.15, 0.2) is 22.8 Å². The molecule has 3 rings (SSSR count). The Morgan fingerprint density at radius 2 is 2.40 bits per heavy atom. The van der Waals surface area contributed by atoms with Gasteiger partial charge in [0.15, 0.2) is 5.96 Å². The third-order valence-corrected chi connectivity index (χ3v) is 5.28. The maximum Gasteiger partial charge on any atom is 0.193 e. The van der Waals surface area contributed by atoms with E-state index in [2.05, 4.69) is 37.6 Å². The zero-order valence-corrected chi connectivity index (χ0v) is 15.9. The Morgan fingerprint density at radius 1 is 1.52 bits per heavy atom. The first-order chi connectivity index (χ1) is 12.2. The molecule has 0 saturated carbocycles. The number of aliphatic imine (C=N–C) groups is 1. The van der Waals surface area contributed by atoms with Gasteiger partial charge < -0.3 is 15.0 Å². The number of aryl methyl sites for hydroxylation is 2. The average Bonchev–Trinajstić information content (AvgIpc) is 3.27. The standard InChI is InChI=1S/C17H26N6OS/c1-4-16-21-14(12-25-16)5-6-19-17(18-2)23-7-8-24-15(11-23)13-9-20-22(3)10-13/h9-10,12,15H,4-8,11H2,1-3H3,(H,18,19). The van der Waals surface area contributed by atoms with E-state index in [4.69, 9.17) is 4.74 Å². The van der Waals surface area contributed by atoms with Crippen LogP contribution in [-0.4, -0.2) is 58.9 Å². The highest BCUT2D eigenvalue weighted by atomic mass is 32.1. The Balaban J connectivity index is 1.53. The molecule has 1 aliphatic rings. The molecule has 8 heteroatoms. The van der Waals surface area contributed by atoms with E-state index < -0.39 is 0 Å². The minimum Gasteiger partial charge on any atom is -0.370 e. The summed E-state index contributed by atoms with van der Waals surface area (Å²) in [6.07, 6.45) is 5.83. The zero-order chi connectivity index (χ0) is 17.6. The van der Waals surface area contributed by atoms with E-state index in [1.165, 1.54) is 5.01 Å². The molecule has 0 amide bonds. The van der Waals surface area contributed by atoms with Gasteiger partial charge in [0.25, 0.3) is 0 Å². The van der Waals surface area contributed by atoms with Crippen molar-refractivity contribution in [2.45, 2.75) is 25.9 Å². The number of hydrogen-bond donors (Lipinski definition) is 1. The lowest BCUT2D eigenvalue weighted by atomic mass is 10.1. The van der Waals surface area contributed by atoms with Crippen LogP contribution in [0.5, 0.6) is 0 Å². The molecule has 0 spiro atoms. The molecule has 2 aromatic rings. The van der Waals surface area contributed by atoms with Crippen molar-refractivity contribution in [3.05, 3.63) is 34.0 Å². The number of nitrogens with one attached hydrogen (secondary N) is 1. The minimum absolute atomic E-state index is 0.0339. The van der Waals surface area contributed by atoms with Crippen LogP contribution in [0.4, 0.5) is 0 Å². The van der Waals surface area contributed by atoms with Gasteiger partial charge >= 0.3 is 0 Å². The number of rotatable bonds is 5. The van der Waals surface area contributed by atoms with Crippen LogP contribution in [0, 0.1) is 0 Å². The number of guanidine groups is 1. The summed E-state index contributed by atoms with van der Waals surface area (Å²) in [7, 11) is 3.75. The van der Waals surface area contributed by atoms with Crippen molar-refractivity contribution < 1.29 is 4.74 Å². The summed E-state index contributed by atoms with van der Waals surface area (Å²) in [6.45, 7) is 5.27. The summed E-state index contributed by atoms with van der Waals surface area (Å²) in [5, 5.41) is 11.0. The summed E-state index contributed by atoms with van der Waals surface area (Å²) in [5.41, 5.74) is 2.26. The highest BCUT2D eigenvalue weighted by molar-refractivity contribution is 7.09. The van der Waals surface area contributed by atoms with Crippen molar-refractivity contribution in [3.63, 3.8) is 0 Å². The maximum atomic E-state index is 5.90. The molecule has 7 nitrogen and oxygen atoms in total. The molecule has 1 N–H and O–H groups in total. The van der Waals surface area contributed by atoms with E-state index in [1.807, 2.05) is 31.2 Å². The first-order valence-electron chi connectivity index (χ1n) is 8.68. The smallest absolute Gasteiger partial charge is 0.193 e. The van der Waals surface area contributed by atoms with Gasteiger partial charge in [0.05, 0.1) is 30.1 Å². The summed E-state index contributed by atoms with van der Waals surface area (Å²) < 4.78 is 7.71. The predicted molar refractivity (Wildman–Crippen MR) is 100 cm³/mol. The van der Waals surface area contributed by atoms with Crippen molar-refractivity contribution in [2.75, 3.05) is 33.3 Å². The van der Waals surface area contributed by atoms with E-state index in [0.717, 1.165) is 49.7 Å². The number of thiazole rings is 1.